The summed E-state index contributed by atoms with van der Waals surface area (Å²) in [5.74, 6) is 0.132. The van der Waals surface area contributed by atoms with Crippen LogP contribution < -0.4 is 0 Å². The van der Waals surface area contributed by atoms with Crippen molar-refractivity contribution in [2.45, 2.75) is 27.2 Å². The quantitative estimate of drug-likeness (QED) is 0.574. The zero-order chi connectivity index (χ0) is 9.28. The Morgan fingerprint density at radius 2 is 2.00 bits per heavy atom. The highest BCUT2D eigenvalue weighted by Gasteiger charge is 2.01. The summed E-state index contributed by atoms with van der Waals surface area (Å²) >= 11 is 0. The van der Waals surface area contributed by atoms with Crippen molar-refractivity contribution in [2.75, 3.05) is 13.6 Å². The molecular formula is C9H19NO. The van der Waals surface area contributed by atoms with Crippen LogP contribution in [0.3, 0.4) is 0 Å². The molecule has 0 bridgehead atoms. The van der Waals surface area contributed by atoms with E-state index in [0.717, 1.165) is 6.54 Å². The van der Waals surface area contributed by atoms with E-state index in [1.54, 1.807) is 18.0 Å². The smallest absolute Gasteiger partial charge is 0.226 e. The molecule has 0 rings (SSSR count). The van der Waals surface area contributed by atoms with Crippen LogP contribution in [0.4, 0.5) is 0 Å². The van der Waals surface area contributed by atoms with Crippen LogP contribution in [-0.4, -0.2) is 24.4 Å². The highest BCUT2D eigenvalue weighted by Crippen LogP contribution is 1.88. The summed E-state index contributed by atoms with van der Waals surface area (Å²) in [6.07, 6.45) is 2.07. The van der Waals surface area contributed by atoms with Gasteiger partial charge in [-0.25, -0.2) is 0 Å². The van der Waals surface area contributed by atoms with Gasteiger partial charge in [0.2, 0.25) is 5.91 Å². The number of hydrogen-bond acceptors (Lipinski definition) is 1. The predicted molar refractivity (Wildman–Crippen MR) is 49.5 cm³/mol. The largest absolute Gasteiger partial charge is 0.346 e. The van der Waals surface area contributed by atoms with E-state index < -0.39 is 0 Å². The fraction of sp³-hybridized carbons (Fsp3) is 0.667. The Morgan fingerprint density at radius 3 is 2.27 bits per heavy atom. The first-order chi connectivity index (χ1) is 5.22. The first-order valence-corrected chi connectivity index (χ1v) is 4.07. The van der Waals surface area contributed by atoms with E-state index in [-0.39, 0.29) is 5.91 Å². The third-order valence-corrected chi connectivity index (χ3v) is 1.22. The topological polar surface area (TPSA) is 20.3 Å². The molecule has 0 saturated heterocycles. The molecule has 0 N–H and O–H groups in total. The fourth-order valence-electron chi connectivity index (χ4n) is 0.456. The number of rotatable bonds is 3. The van der Waals surface area contributed by atoms with Gasteiger partial charge in [-0.05, 0) is 6.92 Å². The van der Waals surface area contributed by atoms with Gasteiger partial charge in [0.25, 0.3) is 0 Å². The number of amides is 1. The maximum atomic E-state index is 10.8. The van der Waals surface area contributed by atoms with Crippen LogP contribution in [0.5, 0.6) is 0 Å². The summed E-state index contributed by atoms with van der Waals surface area (Å²) in [5, 5.41) is 0. The van der Waals surface area contributed by atoms with E-state index in [1.807, 2.05) is 20.8 Å². The predicted octanol–water partition coefficient (Wildman–Crippen LogP) is 2.07. The third-order valence-electron chi connectivity index (χ3n) is 1.22. The minimum absolute atomic E-state index is 0.132. The molecule has 0 aliphatic heterocycles. The Morgan fingerprint density at radius 1 is 1.55 bits per heavy atom. The van der Waals surface area contributed by atoms with E-state index in [0.29, 0.717) is 6.42 Å². The Kier molecular flexibility index (Phi) is 10.8. The molecule has 11 heavy (non-hydrogen) atoms. The lowest BCUT2D eigenvalue weighted by atomic mass is 10.4. The van der Waals surface area contributed by atoms with E-state index >= 15 is 0 Å². The minimum atomic E-state index is 0.132. The first kappa shape index (κ1) is 12.8. The second-order valence-corrected chi connectivity index (χ2v) is 1.90. The van der Waals surface area contributed by atoms with Crippen molar-refractivity contribution in [3.63, 3.8) is 0 Å². The Hall–Kier alpha value is -0.790. The number of carbonyl (C=O) groups excluding carboxylic acids is 1. The van der Waals surface area contributed by atoms with E-state index in [1.165, 1.54) is 0 Å². The van der Waals surface area contributed by atoms with Gasteiger partial charge in [-0.3, -0.25) is 4.79 Å². The summed E-state index contributed by atoms with van der Waals surface area (Å²) in [6, 6.07) is 0. The summed E-state index contributed by atoms with van der Waals surface area (Å²) in [6.45, 7) is 10.2. The monoisotopic (exact) mass is 157 g/mol. The SMILES string of the molecule is C=CCC(=O)N(C)CC.CC. The van der Waals surface area contributed by atoms with E-state index in [9.17, 15) is 4.79 Å². The van der Waals surface area contributed by atoms with E-state index in [4.69, 9.17) is 0 Å². The van der Waals surface area contributed by atoms with E-state index in [2.05, 4.69) is 6.58 Å². The minimum Gasteiger partial charge on any atom is -0.346 e. The lowest BCUT2D eigenvalue weighted by Crippen LogP contribution is -2.25. The second-order valence-electron chi connectivity index (χ2n) is 1.90. The summed E-state index contributed by atoms with van der Waals surface area (Å²) < 4.78 is 0. The van der Waals surface area contributed by atoms with Gasteiger partial charge in [0.1, 0.15) is 0 Å². The van der Waals surface area contributed by atoms with Gasteiger partial charge in [0, 0.05) is 20.0 Å². The molecule has 66 valence electrons. The van der Waals surface area contributed by atoms with Crippen LogP contribution in [0.1, 0.15) is 27.2 Å². The summed E-state index contributed by atoms with van der Waals surface area (Å²) in [5.41, 5.74) is 0. The van der Waals surface area contributed by atoms with Crippen LogP contribution in [0, 0.1) is 0 Å². The Labute approximate surface area is 69.9 Å². The van der Waals surface area contributed by atoms with Crippen molar-refractivity contribution in [2.24, 2.45) is 0 Å². The Balaban J connectivity index is 0. The molecule has 0 heterocycles. The number of nitrogens with zero attached hydrogens (tertiary/aromatic N) is 1. The molecule has 0 spiro atoms. The van der Waals surface area contributed by atoms with Crippen molar-refractivity contribution in [3.05, 3.63) is 12.7 Å². The van der Waals surface area contributed by atoms with Gasteiger partial charge in [-0.15, -0.1) is 6.58 Å². The van der Waals surface area contributed by atoms with Crippen LogP contribution in [0.25, 0.3) is 0 Å². The summed E-state index contributed by atoms with van der Waals surface area (Å²) in [7, 11) is 1.78. The molecule has 1 amide bonds. The van der Waals surface area contributed by atoms with Gasteiger partial charge in [0.15, 0.2) is 0 Å². The molecule has 0 fully saturated rings. The van der Waals surface area contributed by atoms with Crippen molar-refractivity contribution in [1.82, 2.24) is 4.90 Å². The standard InChI is InChI=1S/C7H13NO.C2H6/c1-4-6-7(9)8(3)5-2;1-2/h4H,1,5-6H2,2-3H3;1-2H3. The zero-order valence-corrected chi connectivity index (χ0v) is 8.05. The van der Waals surface area contributed by atoms with Crippen molar-refractivity contribution >= 4 is 5.91 Å². The number of carbonyl (C=O) groups is 1. The average Bonchev–Trinajstić information content (AvgIpc) is 2.07. The lowest BCUT2D eigenvalue weighted by molar-refractivity contribution is -0.128. The highest BCUT2D eigenvalue weighted by atomic mass is 16.2. The molecule has 0 aromatic carbocycles. The van der Waals surface area contributed by atoms with Crippen LogP contribution >= 0.6 is 0 Å². The molecule has 0 unspecified atom stereocenters. The van der Waals surface area contributed by atoms with Crippen LogP contribution in [0.15, 0.2) is 12.7 Å². The molecule has 2 nitrogen and oxygen atoms in total. The molecule has 0 atom stereocenters. The Bertz CT molecular complexity index is 110. The molecule has 2 heteroatoms. The van der Waals surface area contributed by atoms with Crippen molar-refractivity contribution in [3.8, 4) is 0 Å². The average molecular weight is 157 g/mol. The number of hydrogen-bond donors (Lipinski definition) is 0. The molecule has 0 aliphatic carbocycles. The van der Waals surface area contributed by atoms with Gasteiger partial charge in [0.05, 0.1) is 0 Å². The molecule has 0 saturated carbocycles. The first-order valence-electron chi connectivity index (χ1n) is 4.07. The molecule has 0 aromatic heterocycles. The van der Waals surface area contributed by atoms with Crippen LogP contribution in [-0.2, 0) is 4.79 Å². The molecule has 0 radical (unpaired) electrons. The molecular weight excluding hydrogens is 138 g/mol. The van der Waals surface area contributed by atoms with Crippen LogP contribution in [0.2, 0.25) is 0 Å². The zero-order valence-electron chi connectivity index (χ0n) is 8.05. The van der Waals surface area contributed by atoms with Gasteiger partial charge >= 0.3 is 0 Å². The fourth-order valence-corrected chi connectivity index (χ4v) is 0.456. The van der Waals surface area contributed by atoms with Crippen molar-refractivity contribution < 1.29 is 4.79 Å². The summed E-state index contributed by atoms with van der Waals surface area (Å²) in [4.78, 5) is 12.5. The maximum Gasteiger partial charge on any atom is 0.226 e. The van der Waals surface area contributed by atoms with Gasteiger partial charge < -0.3 is 4.90 Å². The highest BCUT2D eigenvalue weighted by molar-refractivity contribution is 5.77. The molecule has 0 aromatic rings. The van der Waals surface area contributed by atoms with Gasteiger partial charge in [-0.2, -0.15) is 0 Å². The lowest BCUT2D eigenvalue weighted by Gasteiger charge is -2.11. The normalized spacial score (nSPS) is 7.64. The maximum absolute atomic E-state index is 10.8. The third kappa shape index (κ3) is 7.10. The van der Waals surface area contributed by atoms with Gasteiger partial charge in [-0.1, -0.05) is 19.9 Å². The second kappa shape index (κ2) is 9.21. The van der Waals surface area contributed by atoms with Crippen molar-refractivity contribution in [1.29, 1.82) is 0 Å². The molecule has 0 aliphatic rings.